The fourth-order valence-corrected chi connectivity index (χ4v) is 4.85. The Morgan fingerprint density at radius 3 is 2.24 bits per heavy atom. The van der Waals surface area contributed by atoms with E-state index < -0.39 is 23.4 Å². The summed E-state index contributed by atoms with van der Waals surface area (Å²) in [4.78, 5) is 28.5. The van der Waals surface area contributed by atoms with E-state index in [0.29, 0.717) is 32.8 Å². The lowest BCUT2D eigenvalue weighted by atomic mass is 9.97. The highest BCUT2D eigenvalue weighted by Crippen LogP contribution is 2.41. The Balaban J connectivity index is 1.63. The first kappa shape index (κ1) is 21.5. The molecule has 0 fully saturated rings. The Morgan fingerprint density at radius 2 is 1.59 bits per heavy atom. The number of aromatic carboxylic acids is 1. The highest BCUT2D eigenvalue weighted by atomic mass is 32.1. The number of ketones is 1. The van der Waals surface area contributed by atoms with E-state index >= 15 is 0 Å². The highest BCUT2D eigenvalue weighted by molar-refractivity contribution is 7.21. The number of thiophene rings is 1. The van der Waals surface area contributed by atoms with Gasteiger partial charge < -0.3 is 14.6 Å². The van der Waals surface area contributed by atoms with Crippen LogP contribution < -0.4 is 0 Å². The maximum absolute atomic E-state index is 13.8. The number of aromatic hydroxyl groups is 1. The van der Waals surface area contributed by atoms with Crippen LogP contribution in [0.5, 0.6) is 5.75 Å². The van der Waals surface area contributed by atoms with Crippen molar-refractivity contribution < 1.29 is 33.0 Å². The minimum Gasteiger partial charge on any atom is -0.508 e. The Bertz CT molecular complexity index is 1570. The first-order valence-electron chi connectivity index (χ1n) is 9.86. The second-order valence-electron chi connectivity index (χ2n) is 7.39. The summed E-state index contributed by atoms with van der Waals surface area (Å²) in [6, 6.07) is 14.0. The number of carboxylic acids is 1. The molecule has 0 aliphatic rings. The van der Waals surface area contributed by atoms with Crippen LogP contribution in [0.1, 0.15) is 25.7 Å². The number of hydrogen-bond acceptors (Lipinski definition) is 6. The van der Waals surface area contributed by atoms with Gasteiger partial charge in [0.15, 0.2) is 5.69 Å². The quantitative estimate of drug-likeness (QED) is 0.295. The molecule has 0 aliphatic heterocycles. The number of phenolic OH excluding ortho intramolecular Hbond substituents is 1. The first-order valence-corrected chi connectivity index (χ1v) is 10.7. The van der Waals surface area contributed by atoms with E-state index in [0.717, 1.165) is 29.7 Å². The van der Waals surface area contributed by atoms with E-state index in [1.165, 1.54) is 12.1 Å². The van der Waals surface area contributed by atoms with Crippen molar-refractivity contribution in [2.24, 2.45) is 0 Å². The minimum absolute atomic E-state index is 0.0181. The second-order valence-corrected chi connectivity index (χ2v) is 8.45. The molecule has 5 rings (SSSR count). The predicted octanol–water partition coefficient (Wildman–Crippen LogP) is 6.14. The van der Waals surface area contributed by atoms with E-state index in [2.05, 4.69) is 4.98 Å². The average Bonchev–Trinajstić information content (AvgIpc) is 3.43. The molecule has 0 radical (unpaired) electrons. The Labute approximate surface area is 194 Å². The molecule has 34 heavy (non-hydrogen) atoms. The van der Waals surface area contributed by atoms with Crippen LogP contribution >= 0.6 is 11.3 Å². The Morgan fingerprint density at radius 1 is 0.912 bits per heavy atom. The van der Waals surface area contributed by atoms with Gasteiger partial charge in [-0.05, 0) is 48.0 Å². The lowest BCUT2D eigenvalue weighted by Gasteiger charge is -2.07. The van der Waals surface area contributed by atoms with Crippen LogP contribution in [0.2, 0.25) is 0 Å². The van der Waals surface area contributed by atoms with E-state index in [4.69, 9.17) is 9.52 Å². The third-order valence-corrected chi connectivity index (χ3v) is 6.30. The zero-order valence-electron chi connectivity index (χ0n) is 17.1. The highest BCUT2D eigenvalue weighted by Gasteiger charge is 2.23. The summed E-state index contributed by atoms with van der Waals surface area (Å²) in [7, 11) is 0. The van der Waals surface area contributed by atoms with Gasteiger partial charge in [0.25, 0.3) is 0 Å². The molecule has 0 amide bonds. The molecule has 0 bridgehead atoms. The Hall–Kier alpha value is -4.37. The molecule has 6 nitrogen and oxygen atoms in total. The largest absolute Gasteiger partial charge is 0.508 e. The van der Waals surface area contributed by atoms with Gasteiger partial charge in [-0.1, -0.05) is 12.1 Å². The fourth-order valence-electron chi connectivity index (χ4n) is 3.63. The molecule has 168 valence electrons. The smallest absolute Gasteiger partial charge is 0.357 e. The standard InChI is InChI=1S/C25H13F2NO5S/c26-15-7-14(8-16(27)9-15)22(30)23-21(18-6-5-17(29)10-20(18)34-23)12-1-3-13(4-2-12)24-28-19(11-33-24)25(31)32/h1-11,29H,(H,31,32). The molecule has 2 N–H and O–H groups in total. The maximum Gasteiger partial charge on any atom is 0.357 e. The molecule has 0 saturated carbocycles. The maximum atomic E-state index is 13.8. The summed E-state index contributed by atoms with van der Waals surface area (Å²) in [5, 5.41) is 19.6. The average molecular weight is 477 g/mol. The Kier molecular flexibility index (Phi) is 5.18. The lowest BCUT2D eigenvalue weighted by molar-refractivity contribution is 0.0690. The van der Waals surface area contributed by atoms with Crippen molar-refractivity contribution in [2.75, 3.05) is 0 Å². The molecule has 0 saturated heterocycles. The van der Waals surface area contributed by atoms with E-state index in [1.54, 1.807) is 30.3 Å². The van der Waals surface area contributed by atoms with E-state index in [9.17, 15) is 23.5 Å². The number of benzene rings is 3. The van der Waals surface area contributed by atoms with Gasteiger partial charge >= 0.3 is 5.97 Å². The number of nitrogens with zero attached hydrogens (tertiary/aromatic N) is 1. The number of carbonyl (C=O) groups excluding carboxylic acids is 1. The zero-order chi connectivity index (χ0) is 24.0. The molecule has 0 atom stereocenters. The van der Waals surface area contributed by atoms with Gasteiger partial charge in [-0.3, -0.25) is 4.79 Å². The molecule has 0 spiro atoms. The normalized spacial score (nSPS) is 11.1. The third kappa shape index (κ3) is 3.82. The van der Waals surface area contributed by atoms with Crippen LogP contribution in [0.4, 0.5) is 8.78 Å². The fraction of sp³-hybridized carbons (Fsp3) is 0. The summed E-state index contributed by atoms with van der Waals surface area (Å²) in [5.41, 5.74) is 1.34. The topological polar surface area (TPSA) is 101 Å². The second kappa shape index (κ2) is 8.20. The number of rotatable bonds is 5. The number of aromatic nitrogens is 1. The van der Waals surface area contributed by atoms with Crippen molar-refractivity contribution in [1.82, 2.24) is 4.98 Å². The lowest BCUT2D eigenvalue weighted by Crippen LogP contribution is -2.02. The van der Waals surface area contributed by atoms with Crippen LogP contribution in [0, 0.1) is 11.6 Å². The number of carboxylic acid groups (broad SMARTS) is 1. The predicted molar refractivity (Wildman–Crippen MR) is 121 cm³/mol. The van der Waals surface area contributed by atoms with Crippen LogP contribution in [0.3, 0.4) is 0 Å². The number of hydrogen-bond donors (Lipinski definition) is 2. The van der Waals surface area contributed by atoms with Gasteiger partial charge in [-0.15, -0.1) is 11.3 Å². The van der Waals surface area contributed by atoms with Gasteiger partial charge in [-0.25, -0.2) is 18.6 Å². The van der Waals surface area contributed by atoms with Crippen LogP contribution in [0.15, 0.2) is 71.3 Å². The van der Waals surface area contributed by atoms with Gasteiger partial charge in [0.05, 0.1) is 4.88 Å². The van der Waals surface area contributed by atoms with E-state index in [1.807, 2.05) is 0 Å². The third-order valence-electron chi connectivity index (χ3n) is 5.15. The summed E-state index contributed by atoms with van der Waals surface area (Å²) < 4.78 is 33.4. The van der Waals surface area contributed by atoms with Gasteiger partial charge in [-0.2, -0.15) is 0 Å². The molecule has 9 heteroatoms. The number of carbonyl (C=O) groups is 2. The molecule has 3 aromatic carbocycles. The number of phenols is 1. The van der Waals surface area contributed by atoms with Gasteiger partial charge in [0.1, 0.15) is 23.6 Å². The summed E-state index contributed by atoms with van der Waals surface area (Å²) in [6.07, 6.45) is 1.04. The summed E-state index contributed by atoms with van der Waals surface area (Å²) >= 11 is 1.10. The van der Waals surface area contributed by atoms with Gasteiger partial charge in [0, 0.05) is 32.8 Å². The monoisotopic (exact) mass is 477 g/mol. The van der Waals surface area contributed by atoms with Crippen molar-refractivity contribution >= 4 is 33.2 Å². The molecule has 2 aromatic heterocycles. The molecular weight excluding hydrogens is 464 g/mol. The summed E-state index contributed by atoms with van der Waals surface area (Å²) in [6.45, 7) is 0. The minimum atomic E-state index is -1.21. The van der Waals surface area contributed by atoms with Crippen molar-refractivity contribution in [2.45, 2.75) is 0 Å². The zero-order valence-corrected chi connectivity index (χ0v) is 17.9. The van der Waals surface area contributed by atoms with Crippen molar-refractivity contribution in [3.05, 3.63) is 94.7 Å². The van der Waals surface area contributed by atoms with Gasteiger partial charge in [0.2, 0.25) is 11.7 Å². The van der Waals surface area contributed by atoms with Crippen LogP contribution in [-0.2, 0) is 0 Å². The SMILES string of the molecule is O=C(O)c1coc(-c2ccc(-c3c(C(=O)c4cc(F)cc(F)c4)sc4cc(O)ccc34)cc2)n1. The number of fused-ring (bicyclic) bond motifs is 1. The van der Waals surface area contributed by atoms with Crippen molar-refractivity contribution in [1.29, 1.82) is 0 Å². The summed E-state index contributed by atoms with van der Waals surface area (Å²) in [5.74, 6) is -3.35. The molecule has 2 heterocycles. The van der Waals surface area contributed by atoms with Crippen molar-refractivity contribution in [3.8, 4) is 28.3 Å². The molecule has 0 aliphatic carbocycles. The van der Waals surface area contributed by atoms with E-state index in [-0.39, 0.29) is 27.8 Å². The molecule has 0 unspecified atom stereocenters. The molecule has 5 aromatic rings. The molecular formula is C25H13F2NO5S. The van der Waals surface area contributed by atoms with Crippen molar-refractivity contribution in [3.63, 3.8) is 0 Å². The number of oxazole rings is 1. The number of halogens is 2. The van der Waals surface area contributed by atoms with Crippen LogP contribution in [-0.4, -0.2) is 26.9 Å². The van der Waals surface area contributed by atoms with Crippen LogP contribution in [0.25, 0.3) is 32.7 Å². The first-order chi connectivity index (χ1) is 16.3.